The number of carbonyl (C=O) groups is 1. The minimum Gasteiger partial charge on any atom is -0.475 e. The Hall–Kier alpha value is -4.23. The highest BCUT2D eigenvalue weighted by Crippen LogP contribution is 2.36. The number of nitrogens with zero attached hydrogens (tertiary/aromatic N) is 6. The Balaban J connectivity index is 0.000000431. The van der Waals surface area contributed by atoms with Gasteiger partial charge in [0.15, 0.2) is 5.82 Å². The van der Waals surface area contributed by atoms with Crippen molar-refractivity contribution in [3.05, 3.63) is 59.8 Å². The van der Waals surface area contributed by atoms with E-state index in [2.05, 4.69) is 54.8 Å². The van der Waals surface area contributed by atoms with Crippen molar-refractivity contribution in [2.45, 2.75) is 25.9 Å². The predicted octanol–water partition coefficient (Wildman–Crippen LogP) is 5.43. The molecule has 14 heteroatoms. The van der Waals surface area contributed by atoms with Crippen molar-refractivity contribution in [2.24, 2.45) is 0 Å². The lowest BCUT2D eigenvalue weighted by Crippen LogP contribution is -2.36. The second kappa shape index (κ2) is 11.7. The molecule has 1 saturated heterocycles. The van der Waals surface area contributed by atoms with Crippen molar-refractivity contribution in [2.75, 3.05) is 31.2 Å². The molecular formula is C27H25ClF3N7O3. The number of rotatable bonds is 5. The number of anilines is 1. The fourth-order valence-corrected chi connectivity index (χ4v) is 4.93. The number of imidazole rings is 1. The number of aromatic nitrogens is 6. The van der Waals surface area contributed by atoms with Gasteiger partial charge < -0.3 is 14.7 Å². The summed E-state index contributed by atoms with van der Waals surface area (Å²) < 4.78 is 39.6. The predicted molar refractivity (Wildman–Crippen MR) is 147 cm³/mol. The molecule has 214 valence electrons. The first-order chi connectivity index (χ1) is 19.7. The number of morpholine rings is 1. The fourth-order valence-electron chi connectivity index (χ4n) is 4.71. The molecule has 6 rings (SSSR count). The Labute approximate surface area is 236 Å². The van der Waals surface area contributed by atoms with E-state index in [1.165, 1.54) is 6.33 Å². The third-order valence-corrected chi connectivity index (χ3v) is 6.82. The highest BCUT2D eigenvalue weighted by molar-refractivity contribution is 6.35. The van der Waals surface area contributed by atoms with E-state index in [0.29, 0.717) is 24.1 Å². The summed E-state index contributed by atoms with van der Waals surface area (Å²) in [6.45, 7) is 5.27. The fraction of sp³-hybridized carbons (Fsp3) is 0.296. The highest BCUT2D eigenvalue weighted by Gasteiger charge is 2.38. The first kappa shape index (κ1) is 28.3. The number of carboxylic acid groups (broad SMARTS) is 1. The van der Waals surface area contributed by atoms with Crippen LogP contribution in [0.25, 0.3) is 39.0 Å². The number of halogens is 4. The molecule has 0 aliphatic carbocycles. The number of benzene rings is 2. The maximum Gasteiger partial charge on any atom is 0.490 e. The van der Waals surface area contributed by atoms with Gasteiger partial charge in [-0.3, -0.25) is 14.6 Å². The van der Waals surface area contributed by atoms with Crippen LogP contribution in [0.5, 0.6) is 0 Å². The van der Waals surface area contributed by atoms with Crippen LogP contribution < -0.4 is 4.90 Å². The van der Waals surface area contributed by atoms with Gasteiger partial charge in [0, 0.05) is 42.3 Å². The quantitative estimate of drug-likeness (QED) is 0.279. The molecule has 3 aromatic heterocycles. The van der Waals surface area contributed by atoms with Crippen molar-refractivity contribution in [3.63, 3.8) is 0 Å². The number of hydrogen-bond donors (Lipinski definition) is 2. The van der Waals surface area contributed by atoms with Crippen LogP contribution in [-0.2, 0) is 16.0 Å². The molecule has 4 heterocycles. The van der Waals surface area contributed by atoms with Crippen LogP contribution in [0.2, 0.25) is 5.02 Å². The largest absolute Gasteiger partial charge is 0.490 e. The standard InChI is InChI=1S/C25H24ClN7O.C2HF3O2/c1-2-4-22-30-24-18(25-28-15-29-31-25)13-16(32-9-11-34-12-10-32)14-21(24)33(22)20-7-8-27-23-17(20)5-3-6-19(23)26;3-2(4,5)1(6)7/h3,5-8,13-15H,2,4,9-12H2,1H3,(H,28,29,31);(H,6,7). The Bertz CT molecular complexity index is 1680. The number of pyridine rings is 1. The molecule has 2 aromatic carbocycles. The molecular weight excluding hydrogens is 563 g/mol. The number of aliphatic carboxylic acids is 1. The van der Waals surface area contributed by atoms with Crippen LogP contribution in [0.3, 0.4) is 0 Å². The van der Waals surface area contributed by atoms with E-state index in [4.69, 9.17) is 31.2 Å². The molecule has 1 aliphatic heterocycles. The molecule has 0 unspecified atom stereocenters. The van der Waals surface area contributed by atoms with Gasteiger partial charge in [0.2, 0.25) is 0 Å². The Kier molecular flexibility index (Phi) is 8.08. The minimum atomic E-state index is -5.08. The van der Waals surface area contributed by atoms with Gasteiger partial charge in [0.1, 0.15) is 17.7 Å². The number of ether oxygens (including phenoxy) is 1. The number of aromatic amines is 1. The molecule has 41 heavy (non-hydrogen) atoms. The summed E-state index contributed by atoms with van der Waals surface area (Å²) in [6.07, 6.45) is 0.0715. The third kappa shape index (κ3) is 5.81. The van der Waals surface area contributed by atoms with Gasteiger partial charge in [-0.05, 0) is 30.7 Å². The van der Waals surface area contributed by atoms with Crippen molar-refractivity contribution >= 4 is 45.2 Å². The summed E-state index contributed by atoms with van der Waals surface area (Å²) in [5.74, 6) is -1.06. The molecule has 0 spiro atoms. The summed E-state index contributed by atoms with van der Waals surface area (Å²) in [5, 5.41) is 15.9. The molecule has 1 fully saturated rings. The molecule has 1 aliphatic rings. The Morgan fingerprint density at radius 1 is 1.15 bits per heavy atom. The SMILES string of the molecule is CCCc1nc2c(-c3ncn[nH]3)cc(N3CCOCC3)cc2n1-c1ccnc2c(Cl)cccc12.O=C(O)C(F)(F)F. The smallest absolute Gasteiger partial charge is 0.475 e. The van der Waals surface area contributed by atoms with Crippen molar-refractivity contribution in [1.29, 1.82) is 0 Å². The zero-order valence-electron chi connectivity index (χ0n) is 21.8. The normalized spacial score (nSPS) is 13.8. The zero-order chi connectivity index (χ0) is 29.1. The molecule has 5 aromatic rings. The van der Waals surface area contributed by atoms with E-state index in [9.17, 15) is 13.2 Å². The van der Waals surface area contributed by atoms with Crippen molar-refractivity contribution < 1.29 is 27.8 Å². The maximum atomic E-state index is 10.6. The molecule has 0 radical (unpaired) electrons. The van der Waals surface area contributed by atoms with Gasteiger partial charge in [-0.2, -0.15) is 18.3 Å². The van der Waals surface area contributed by atoms with Crippen LogP contribution in [-0.4, -0.2) is 73.3 Å². The summed E-state index contributed by atoms with van der Waals surface area (Å²) in [6, 6.07) is 12.3. The lowest BCUT2D eigenvalue weighted by molar-refractivity contribution is -0.192. The van der Waals surface area contributed by atoms with Crippen molar-refractivity contribution in [3.8, 4) is 17.1 Å². The van der Waals surface area contributed by atoms with Crippen molar-refractivity contribution in [1.82, 2.24) is 29.7 Å². The van der Waals surface area contributed by atoms with Gasteiger partial charge in [-0.25, -0.2) is 14.8 Å². The van der Waals surface area contributed by atoms with Gasteiger partial charge in [0.25, 0.3) is 0 Å². The second-order valence-electron chi connectivity index (χ2n) is 9.18. The van der Waals surface area contributed by atoms with E-state index in [-0.39, 0.29) is 0 Å². The van der Waals surface area contributed by atoms with Gasteiger partial charge in [0.05, 0.1) is 35.0 Å². The van der Waals surface area contributed by atoms with Crippen LogP contribution in [0, 0.1) is 0 Å². The summed E-state index contributed by atoms with van der Waals surface area (Å²) in [5.41, 5.74) is 5.76. The van der Waals surface area contributed by atoms with Crippen LogP contribution in [0.15, 0.2) is 48.9 Å². The van der Waals surface area contributed by atoms with Crippen LogP contribution in [0.1, 0.15) is 19.2 Å². The number of hydrogen-bond acceptors (Lipinski definition) is 7. The lowest BCUT2D eigenvalue weighted by atomic mass is 10.1. The Morgan fingerprint density at radius 3 is 2.56 bits per heavy atom. The molecule has 0 saturated carbocycles. The van der Waals surface area contributed by atoms with Crippen LogP contribution in [0.4, 0.5) is 18.9 Å². The molecule has 0 atom stereocenters. The highest BCUT2D eigenvalue weighted by atomic mass is 35.5. The van der Waals surface area contributed by atoms with E-state index in [0.717, 1.165) is 70.6 Å². The molecule has 0 amide bonds. The number of para-hydroxylation sites is 1. The molecule has 2 N–H and O–H groups in total. The number of alkyl halides is 3. The summed E-state index contributed by atoms with van der Waals surface area (Å²) in [4.78, 5) is 25.4. The van der Waals surface area contributed by atoms with E-state index in [1.807, 2.05) is 24.4 Å². The first-order valence-corrected chi connectivity index (χ1v) is 13.1. The average molecular weight is 588 g/mol. The average Bonchev–Trinajstić information content (AvgIpc) is 3.61. The Morgan fingerprint density at radius 2 is 1.90 bits per heavy atom. The van der Waals surface area contributed by atoms with Gasteiger partial charge in [-0.15, -0.1) is 0 Å². The van der Waals surface area contributed by atoms with E-state index in [1.54, 1.807) is 0 Å². The number of carboxylic acids is 1. The molecule has 0 bridgehead atoms. The number of nitrogens with one attached hydrogen (secondary N) is 1. The van der Waals surface area contributed by atoms with E-state index < -0.39 is 12.1 Å². The number of aryl methyl sites for hydroxylation is 1. The summed E-state index contributed by atoms with van der Waals surface area (Å²) >= 11 is 6.50. The topological polar surface area (TPSA) is 122 Å². The van der Waals surface area contributed by atoms with Crippen LogP contribution >= 0.6 is 11.6 Å². The van der Waals surface area contributed by atoms with Gasteiger partial charge in [-0.1, -0.05) is 30.7 Å². The lowest BCUT2D eigenvalue weighted by Gasteiger charge is -2.29. The van der Waals surface area contributed by atoms with Gasteiger partial charge >= 0.3 is 12.1 Å². The summed E-state index contributed by atoms with van der Waals surface area (Å²) in [7, 11) is 0. The first-order valence-electron chi connectivity index (χ1n) is 12.8. The zero-order valence-corrected chi connectivity index (χ0v) is 22.6. The number of H-pyrrole nitrogens is 1. The monoisotopic (exact) mass is 587 g/mol. The van der Waals surface area contributed by atoms with E-state index >= 15 is 0 Å². The number of fused-ring (bicyclic) bond motifs is 2. The molecule has 10 nitrogen and oxygen atoms in total. The minimum absolute atomic E-state index is 0.636. The third-order valence-electron chi connectivity index (χ3n) is 6.52. The maximum absolute atomic E-state index is 10.6. The second-order valence-corrected chi connectivity index (χ2v) is 9.58.